The zero-order valence-corrected chi connectivity index (χ0v) is 13.4. The van der Waals surface area contributed by atoms with Gasteiger partial charge >= 0.3 is 0 Å². The van der Waals surface area contributed by atoms with Crippen LogP contribution in [-0.4, -0.2) is 5.78 Å². The molecule has 0 aromatic heterocycles. The highest BCUT2D eigenvalue weighted by Crippen LogP contribution is 2.22. The van der Waals surface area contributed by atoms with Gasteiger partial charge in [0.1, 0.15) is 17.4 Å². The van der Waals surface area contributed by atoms with Crippen LogP contribution in [0.1, 0.15) is 22.3 Å². The number of ketones is 1. The normalized spacial score (nSPS) is 10.7. The van der Waals surface area contributed by atoms with E-state index in [0.717, 1.165) is 22.8 Å². The number of hydrogen-bond donors (Lipinski definition) is 0. The van der Waals surface area contributed by atoms with Crippen molar-refractivity contribution in [1.29, 1.82) is 0 Å². The molecule has 0 radical (unpaired) electrons. The number of rotatable bonds is 4. The van der Waals surface area contributed by atoms with E-state index in [1.807, 2.05) is 32.0 Å². The predicted octanol–water partition coefficient (Wildman–Crippen LogP) is 4.70. The summed E-state index contributed by atoms with van der Waals surface area (Å²) in [7, 11) is 0. The first-order valence-corrected chi connectivity index (χ1v) is 7.37. The van der Waals surface area contributed by atoms with Gasteiger partial charge in [0.05, 0.1) is 4.47 Å². The molecule has 21 heavy (non-hydrogen) atoms. The number of benzene rings is 2. The minimum Gasteiger partial charge on any atom is -0.299 e. The fourth-order valence-electron chi connectivity index (χ4n) is 2.39. The molecule has 0 saturated heterocycles. The number of aryl methyl sites for hydroxylation is 2. The Kier molecular flexibility index (Phi) is 4.88. The molecule has 0 aliphatic rings. The third-order valence-electron chi connectivity index (χ3n) is 3.20. The number of carbonyl (C=O) groups is 1. The van der Waals surface area contributed by atoms with Crippen LogP contribution in [0.5, 0.6) is 0 Å². The first-order valence-electron chi connectivity index (χ1n) is 6.58. The van der Waals surface area contributed by atoms with Crippen molar-refractivity contribution in [2.24, 2.45) is 0 Å². The van der Waals surface area contributed by atoms with Gasteiger partial charge in [0.15, 0.2) is 0 Å². The third kappa shape index (κ3) is 3.97. The molecule has 4 heteroatoms. The molecule has 0 N–H and O–H groups in total. The van der Waals surface area contributed by atoms with Crippen LogP contribution in [0.25, 0.3) is 0 Å². The summed E-state index contributed by atoms with van der Waals surface area (Å²) in [4.78, 5) is 12.1. The van der Waals surface area contributed by atoms with Crippen LogP contribution in [0.2, 0.25) is 0 Å². The molecule has 0 aliphatic heterocycles. The average molecular weight is 353 g/mol. The summed E-state index contributed by atoms with van der Waals surface area (Å²) >= 11 is 3.00. The fraction of sp³-hybridized carbons (Fsp3) is 0.235. The lowest BCUT2D eigenvalue weighted by Crippen LogP contribution is -2.10. The first kappa shape index (κ1) is 15.8. The van der Waals surface area contributed by atoms with Gasteiger partial charge in [0.2, 0.25) is 0 Å². The summed E-state index contributed by atoms with van der Waals surface area (Å²) in [5, 5.41) is 0. The summed E-state index contributed by atoms with van der Waals surface area (Å²) in [6.07, 6.45) is -0.0714. The molecule has 0 amide bonds. The smallest absolute Gasteiger partial charge is 0.143 e. The van der Waals surface area contributed by atoms with Gasteiger partial charge in [-0.25, -0.2) is 8.78 Å². The molecule has 0 unspecified atom stereocenters. The van der Waals surface area contributed by atoms with E-state index in [0.29, 0.717) is 0 Å². The third-order valence-corrected chi connectivity index (χ3v) is 3.81. The zero-order valence-electron chi connectivity index (χ0n) is 11.8. The molecule has 0 atom stereocenters. The van der Waals surface area contributed by atoms with Gasteiger partial charge < -0.3 is 0 Å². The Morgan fingerprint density at radius 3 is 2.29 bits per heavy atom. The van der Waals surface area contributed by atoms with E-state index in [-0.39, 0.29) is 28.7 Å². The van der Waals surface area contributed by atoms with Crippen molar-refractivity contribution in [3.8, 4) is 0 Å². The molecular weight excluding hydrogens is 338 g/mol. The van der Waals surface area contributed by atoms with Crippen molar-refractivity contribution in [3.63, 3.8) is 0 Å². The van der Waals surface area contributed by atoms with Crippen LogP contribution in [0, 0.1) is 25.5 Å². The fourth-order valence-corrected chi connectivity index (χ4v) is 2.76. The maximum atomic E-state index is 13.9. The SMILES string of the molecule is Cc1cc(C)cc(CC(=O)Cc2c(F)ccc(Br)c2F)c1. The Balaban J connectivity index is 2.17. The predicted molar refractivity (Wildman–Crippen MR) is 82.4 cm³/mol. The summed E-state index contributed by atoms with van der Waals surface area (Å²) in [5.41, 5.74) is 2.82. The Morgan fingerprint density at radius 2 is 1.67 bits per heavy atom. The molecular formula is C17H15BrF2O. The second-order valence-electron chi connectivity index (χ2n) is 5.21. The van der Waals surface area contributed by atoms with Crippen molar-refractivity contribution in [2.45, 2.75) is 26.7 Å². The van der Waals surface area contributed by atoms with E-state index in [9.17, 15) is 13.6 Å². The molecule has 0 saturated carbocycles. The quantitative estimate of drug-likeness (QED) is 0.729. The van der Waals surface area contributed by atoms with Crippen molar-refractivity contribution in [3.05, 3.63) is 68.7 Å². The van der Waals surface area contributed by atoms with E-state index in [2.05, 4.69) is 15.9 Å². The van der Waals surface area contributed by atoms with Crippen LogP contribution >= 0.6 is 15.9 Å². The van der Waals surface area contributed by atoms with E-state index in [1.54, 1.807) is 0 Å². The summed E-state index contributed by atoms with van der Waals surface area (Å²) < 4.78 is 27.7. The standard InChI is InChI=1S/C17H15BrF2O/c1-10-5-11(2)7-12(6-10)8-13(21)9-14-16(19)4-3-15(18)17(14)20/h3-7H,8-9H2,1-2H3. The maximum absolute atomic E-state index is 13.9. The Hall–Kier alpha value is -1.55. The molecule has 1 nitrogen and oxygen atoms in total. The summed E-state index contributed by atoms with van der Waals surface area (Å²) in [6.45, 7) is 3.91. The lowest BCUT2D eigenvalue weighted by Gasteiger charge is -2.07. The molecule has 0 aliphatic carbocycles. The first-order chi connectivity index (χ1) is 9.86. The van der Waals surface area contributed by atoms with Crippen molar-refractivity contribution >= 4 is 21.7 Å². The van der Waals surface area contributed by atoms with Crippen molar-refractivity contribution in [1.82, 2.24) is 0 Å². The van der Waals surface area contributed by atoms with Crippen molar-refractivity contribution < 1.29 is 13.6 Å². The highest BCUT2D eigenvalue weighted by atomic mass is 79.9. The van der Waals surface area contributed by atoms with E-state index >= 15 is 0 Å². The molecule has 2 aromatic rings. The van der Waals surface area contributed by atoms with Gasteiger partial charge in [-0.2, -0.15) is 0 Å². The van der Waals surface area contributed by atoms with E-state index < -0.39 is 11.6 Å². The molecule has 0 heterocycles. The highest BCUT2D eigenvalue weighted by Gasteiger charge is 2.16. The van der Waals surface area contributed by atoms with Gasteiger partial charge in [-0.05, 0) is 47.5 Å². The number of carbonyl (C=O) groups excluding carboxylic acids is 1. The number of Topliss-reactive ketones (excluding diaryl/α,β-unsaturated/α-hetero) is 1. The molecule has 0 fully saturated rings. The Bertz CT molecular complexity index is 675. The minimum absolute atomic E-state index is 0.165. The second-order valence-corrected chi connectivity index (χ2v) is 6.06. The zero-order chi connectivity index (χ0) is 15.6. The van der Waals surface area contributed by atoms with Gasteiger partial charge in [0, 0.05) is 18.4 Å². The minimum atomic E-state index is -0.705. The van der Waals surface area contributed by atoms with Crippen LogP contribution < -0.4 is 0 Å². The average Bonchev–Trinajstić information content (AvgIpc) is 2.38. The molecule has 0 spiro atoms. The molecule has 2 aromatic carbocycles. The molecule has 110 valence electrons. The summed E-state index contributed by atoms with van der Waals surface area (Å²) in [6, 6.07) is 8.30. The molecule has 2 rings (SSSR count). The number of halogens is 3. The Morgan fingerprint density at radius 1 is 1.05 bits per heavy atom. The highest BCUT2D eigenvalue weighted by molar-refractivity contribution is 9.10. The topological polar surface area (TPSA) is 17.1 Å². The van der Waals surface area contributed by atoms with Gasteiger partial charge in [0.25, 0.3) is 0 Å². The van der Waals surface area contributed by atoms with Crippen LogP contribution in [0.15, 0.2) is 34.8 Å². The monoisotopic (exact) mass is 352 g/mol. The van der Waals surface area contributed by atoms with Gasteiger partial charge in [-0.3, -0.25) is 4.79 Å². The van der Waals surface area contributed by atoms with Crippen molar-refractivity contribution in [2.75, 3.05) is 0 Å². The Labute approximate surface area is 131 Å². The summed E-state index contributed by atoms with van der Waals surface area (Å²) in [5.74, 6) is -1.61. The van der Waals surface area contributed by atoms with Gasteiger partial charge in [-0.15, -0.1) is 0 Å². The lowest BCUT2D eigenvalue weighted by atomic mass is 9.99. The second kappa shape index (κ2) is 6.48. The molecule has 0 bridgehead atoms. The van der Waals surface area contributed by atoms with Crippen LogP contribution in [-0.2, 0) is 17.6 Å². The van der Waals surface area contributed by atoms with E-state index in [4.69, 9.17) is 0 Å². The lowest BCUT2D eigenvalue weighted by molar-refractivity contribution is -0.117. The maximum Gasteiger partial charge on any atom is 0.143 e. The van der Waals surface area contributed by atoms with Crippen LogP contribution in [0.3, 0.4) is 0 Å². The number of hydrogen-bond acceptors (Lipinski definition) is 1. The van der Waals surface area contributed by atoms with E-state index in [1.165, 1.54) is 6.07 Å². The largest absolute Gasteiger partial charge is 0.299 e. The van der Waals surface area contributed by atoms with Crippen LogP contribution in [0.4, 0.5) is 8.78 Å². The van der Waals surface area contributed by atoms with Gasteiger partial charge in [-0.1, -0.05) is 29.3 Å².